The Balaban J connectivity index is 0.00000320. The van der Waals surface area contributed by atoms with Gasteiger partial charge in [0.25, 0.3) is 0 Å². The number of hydrogen-bond donors (Lipinski definition) is 1. The topological polar surface area (TPSA) is 141 Å². The Kier molecular flexibility index (Phi) is 8.84. The van der Waals surface area contributed by atoms with Gasteiger partial charge in [0.2, 0.25) is 11.8 Å². The molecule has 12 nitrogen and oxygen atoms in total. The fraction of sp³-hybridized carbons (Fsp3) is 0.304. The van der Waals surface area contributed by atoms with Gasteiger partial charge in [-0.3, -0.25) is 0 Å². The molecule has 0 aromatic carbocycles. The predicted molar refractivity (Wildman–Crippen MR) is 134 cm³/mol. The number of hydrogen-bond acceptors (Lipinski definition) is 12. The van der Waals surface area contributed by atoms with Crippen molar-refractivity contribution in [3.63, 3.8) is 0 Å². The first-order chi connectivity index (χ1) is 17.6. The van der Waals surface area contributed by atoms with Crippen LogP contribution in [-0.2, 0) is 11.3 Å². The summed E-state index contributed by atoms with van der Waals surface area (Å²) in [4.78, 5) is 39.1. The molecule has 14 heteroatoms. The van der Waals surface area contributed by atoms with E-state index in [0.717, 1.165) is 39.6 Å². The van der Waals surface area contributed by atoms with Crippen molar-refractivity contribution in [1.82, 2.24) is 24.9 Å². The molecule has 0 aliphatic carbocycles. The average molecular weight is 531 g/mol. The smallest absolute Gasteiger partial charge is 0.530 e. The number of nitrogens with zero attached hydrogens (tertiary/aromatic N) is 8. The van der Waals surface area contributed by atoms with E-state index in [2.05, 4.69) is 25.3 Å². The Hall–Kier alpha value is -2.94. The van der Waals surface area contributed by atoms with Crippen LogP contribution in [0.4, 0.5) is 11.8 Å². The van der Waals surface area contributed by atoms with Gasteiger partial charge in [0.1, 0.15) is 5.91 Å². The molecule has 37 heavy (non-hydrogen) atoms. The molecule has 1 N–H and O–H groups in total. The van der Waals surface area contributed by atoms with Crippen LogP contribution in [0.25, 0.3) is 27.1 Å². The number of methoxy groups -OCH3 is 1. The molecule has 0 bridgehead atoms. The molecule has 1 aliphatic heterocycles. The quantitative estimate of drug-likeness (QED) is 0.195. The monoisotopic (exact) mass is 530 g/mol. The van der Waals surface area contributed by atoms with E-state index >= 15 is 0 Å². The van der Waals surface area contributed by atoms with Crippen LogP contribution in [0, 0.1) is 0 Å². The first-order valence-electron chi connectivity index (χ1n) is 11.1. The summed E-state index contributed by atoms with van der Waals surface area (Å²) >= 11 is 1.62. The minimum Gasteiger partial charge on any atom is -0.530 e. The van der Waals surface area contributed by atoms with Crippen molar-refractivity contribution in [1.29, 1.82) is 0 Å². The Labute approximate surface area is 238 Å². The van der Waals surface area contributed by atoms with Crippen molar-refractivity contribution in [2.45, 2.75) is 6.54 Å². The summed E-state index contributed by atoms with van der Waals surface area (Å²) in [7, 11) is 3.44. The predicted octanol–water partition coefficient (Wildman–Crippen LogP) is -0.0680. The first kappa shape index (κ1) is 27.1. The number of hydroxylamine groups is 1. The molecule has 1 fully saturated rings. The molecule has 4 aromatic heterocycles. The summed E-state index contributed by atoms with van der Waals surface area (Å²) in [5, 5.41) is 8.64. The normalized spacial score (nSPS) is 13.2. The maximum absolute atomic E-state index is 11.5. The van der Waals surface area contributed by atoms with Crippen LogP contribution in [0.15, 0.2) is 36.8 Å². The van der Waals surface area contributed by atoms with E-state index in [1.165, 1.54) is 12.4 Å². The molecule has 5 heterocycles. The second kappa shape index (κ2) is 12.1. The fourth-order valence-corrected chi connectivity index (χ4v) is 4.95. The van der Waals surface area contributed by atoms with Crippen LogP contribution >= 0.6 is 11.3 Å². The summed E-state index contributed by atoms with van der Waals surface area (Å²) in [5.41, 5.74) is 4.40. The van der Waals surface area contributed by atoms with Crippen LogP contribution in [0.5, 0.6) is 5.88 Å². The number of thiophene rings is 1. The molecule has 186 valence electrons. The number of pyridine rings is 1. The van der Waals surface area contributed by atoms with Gasteiger partial charge in [-0.25, -0.2) is 24.9 Å². The van der Waals surface area contributed by atoms with Crippen LogP contribution in [0.3, 0.4) is 0 Å². The first-order valence-corrected chi connectivity index (χ1v) is 11.9. The number of carbonyl (C=O) groups excluding carboxylic acids is 1. The van der Waals surface area contributed by atoms with Crippen molar-refractivity contribution < 1.29 is 49.0 Å². The van der Waals surface area contributed by atoms with Crippen molar-refractivity contribution in [2.24, 2.45) is 0 Å². The van der Waals surface area contributed by atoms with E-state index in [1.807, 2.05) is 24.1 Å². The van der Waals surface area contributed by atoms with E-state index in [4.69, 9.17) is 24.6 Å². The van der Waals surface area contributed by atoms with Crippen LogP contribution in [0.2, 0.25) is 0 Å². The number of amides is 1. The largest absolute Gasteiger partial charge is 1.00 e. The third kappa shape index (κ3) is 5.98. The van der Waals surface area contributed by atoms with E-state index in [0.29, 0.717) is 37.4 Å². The Morgan fingerprint density at radius 1 is 1.19 bits per heavy atom. The average Bonchev–Trinajstić information content (AvgIpc) is 3.35. The van der Waals surface area contributed by atoms with Gasteiger partial charge in [0.05, 0.1) is 37.1 Å². The Morgan fingerprint density at radius 2 is 1.95 bits per heavy atom. The molecule has 0 saturated carbocycles. The standard InChI is InChI=1S/C23H24N8O4S.Na/c1-30(23-25-11-15(12-26-23)22(32)29-33)13-16-9-17-19(36-16)21(31-5-7-35-8-6-31)28-20(27-17)14-3-4-18(34-2)24-10-14;/h3-4,9-12H,5-8,13H2,1-2H3,(H2,29,32,33);/q;+1/p-1. The molecule has 5 rings (SSSR count). The second-order valence-corrected chi connectivity index (χ2v) is 9.16. The van der Waals surface area contributed by atoms with E-state index in [-0.39, 0.29) is 35.1 Å². The SMILES string of the molecule is COc1ccc(-c2nc(N3CCOCC3)c3sc(CN(C)c4ncc(C(=O)[N-]O)cn4)cc3n2)cn1.[Na+]. The number of morpholine rings is 1. The fourth-order valence-electron chi connectivity index (χ4n) is 3.79. The zero-order valence-corrected chi connectivity index (χ0v) is 23.5. The van der Waals surface area contributed by atoms with Crippen molar-refractivity contribution in [3.8, 4) is 17.3 Å². The van der Waals surface area contributed by atoms with E-state index < -0.39 is 5.91 Å². The maximum Gasteiger partial charge on any atom is 1.00 e. The molecular weight excluding hydrogens is 507 g/mol. The van der Waals surface area contributed by atoms with Gasteiger partial charge in [-0.2, -0.15) is 0 Å². The molecule has 0 unspecified atom stereocenters. The van der Waals surface area contributed by atoms with Crippen LogP contribution < -0.4 is 44.1 Å². The number of fused-ring (bicyclic) bond motifs is 1. The summed E-state index contributed by atoms with van der Waals surface area (Å²) in [6, 6.07) is 5.73. The zero-order chi connectivity index (χ0) is 25.1. The van der Waals surface area contributed by atoms with E-state index in [1.54, 1.807) is 30.7 Å². The van der Waals surface area contributed by atoms with Gasteiger partial charge in [-0.05, 0) is 12.1 Å². The van der Waals surface area contributed by atoms with Gasteiger partial charge >= 0.3 is 29.6 Å². The molecule has 4 aromatic rings. The van der Waals surface area contributed by atoms with Crippen LogP contribution in [-0.4, -0.2) is 76.5 Å². The minimum absolute atomic E-state index is 0. The molecule has 0 atom stereocenters. The van der Waals surface area contributed by atoms with Gasteiger partial charge in [-0.1, -0.05) is 0 Å². The molecule has 1 amide bonds. The van der Waals surface area contributed by atoms with Crippen molar-refractivity contribution >= 4 is 39.2 Å². The van der Waals surface area contributed by atoms with Crippen molar-refractivity contribution in [3.05, 3.63) is 52.7 Å². The van der Waals surface area contributed by atoms with Gasteiger partial charge in [0, 0.05) is 60.8 Å². The summed E-state index contributed by atoms with van der Waals surface area (Å²) in [5.74, 6) is 1.64. The Morgan fingerprint density at radius 3 is 2.59 bits per heavy atom. The third-order valence-electron chi connectivity index (χ3n) is 5.63. The second-order valence-electron chi connectivity index (χ2n) is 8.02. The third-order valence-corrected chi connectivity index (χ3v) is 6.73. The Bertz CT molecular complexity index is 1360. The van der Waals surface area contributed by atoms with Crippen LogP contribution in [0.1, 0.15) is 15.2 Å². The number of rotatable bonds is 7. The number of ether oxygens (including phenoxy) is 2. The summed E-state index contributed by atoms with van der Waals surface area (Å²) < 4.78 is 11.7. The van der Waals surface area contributed by atoms with Gasteiger partial charge in [0.15, 0.2) is 11.6 Å². The summed E-state index contributed by atoms with van der Waals surface area (Å²) in [6.45, 7) is 3.31. The minimum atomic E-state index is -0.786. The molecular formula is C23H23N8NaO4S. The molecule has 0 radical (unpaired) electrons. The number of anilines is 2. The van der Waals surface area contributed by atoms with E-state index in [9.17, 15) is 4.79 Å². The van der Waals surface area contributed by atoms with Gasteiger partial charge in [-0.15, -0.1) is 11.3 Å². The molecule has 1 aliphatic rings. The number of carbonyl (C=O) groups is 1. The number of aromatic nitrogens is 5. The molecule has 1 saturated heterocycles. The zero-order valence-electron chi connectivity index (χ0n) is 20.7. The molecule has 0 spiro atoms. The summed E-state index contributed by atoms with van der Waals surface area (Å²) in [6.07, 6.45) is 4.38. The van der Waals surface area contributed by atoms with Crippen molar-refractivity contribution in [2.75, 3.05) is 50.3 Å². The maximum atomic E-state index is 11.5. The van der Waals surface area contributed by atoms with Gasteiger partial charge < -0.3 is 34.8 Å².